The van der Waals surface area contributed by atoms with Crippen LogP contribution in [-0.2, 0) is 0 Å². The van der Waals surface area contributed by atoms with E-state index in [0.717, 1.165) is 17.8 Å². The van der Waals surface area contributed by atoms with Gasteiger partial charge in [0.05, 0.1) is 23.1 Å². The highest BCUT2D eigenvalue weighted by atomic mass is 35.5. The van der Waals surface area contributed by atoms with Crippen LogP contribution in [0.3, 0.4) is 0 Å². The zero-order valence-corrected chi connectivity index (χ0v) is 16.6. The zero-order valence-electron chi connectivity index (χ0n) is 15.0. The molecule has 0 aliphatic carbocycles. The zero-order chi connectivity index (χ0) is 17.9. The molecule has 2 aromatic rings. The lowest BCUT2D eigenvalue weighted by Crippen LogP contribution is -2.52. The molecule has 7 heteroatoms. The molecule has 0 aliphatic rings. The number of carbonyl (C=O) groups excluding carboxylic acids is 1. The van der Waals surface area contributed by atoms with Crippen molar-refractivity contribution in [2.45, 2.75) is 39.7 Å². The van der Waals surface area contributed by atoms with Gasteiger partial charge >= 0.3 is 0 Å². The highest BCUT2D eigenvalue weighted by Gasteiger charge is 2.27. The fraction of sp³-hybridized carbons (Fsp3) is 0.444. The standard InChI is InChI=1S/C18H25ClN4O.ClH/c1-12(2)9-18(4,11-20)22-17(24)16-10-21-23(13(16)3)15-7-5-6-14(19)8-15;/h5-8,10,12H,9,11,20H2,1-4H3,(H,22,24);1H. The number of amides is 1. The number of rotatable bonds is 6. The van der Waals surface area contributed by atoms with E-state index in [-0.39, 0.29) is 18.3 Å². The minimum Gasteiger partial charge on any atom is -0.345 e. The number of hydrogen-bond donors (Lipinski definition) is 2. The predicted molar refractivity (Wildman–Crippen MR) is 105 cm³/mol. The number of benzene rings is 1. The molecule has 1 aromatic carbocycles. The molecule has 0 saturated heterocycles. The third kappa shape index (κ3) is 5.21. The summed E-state index contributed by atoms with van der Waals surface area (Å²) < 4.78 is 1.71. The van der Waals surface area contributed by atoms with E-state index in [1.165, 1.54) is 0 Å². The molecule has 138 valence electrons. The molecule has 1 atom stereocenters. The van der Waals surface area contributed by atoms with Crippen LogP contribution in [0.1, 0.15) is 43.2 Å². The molecule has 3 N–H and O–H groups in total. The predicted octanol–water partition coefficient (Wildman–Crippen LogP) is 3.75. The van der Waals surface area contributed by atoms with Crippen LogP contribution in [0, 0.1) is 12.8 Å². The number of nitrogens with one attached hydrogen (secondary N) is 1. The van der Waals surface area contributed by atoms with Crippen LogP contribution in [0.15, 0.2) is 30.5 Å². The number of halogens is 2. The Morgan fingerprint density at radius 1 is 1.44 bits per heavy atom. The molecule has 1 heterocycles. The van der Waals surface area contributed by atoms with Gasteiger partial charge in [0.2, 0.25) is 0 Å². The molecule has 0 saturated carbocycles. The Balaban J connectivity index is 0.00000312. The lowest BCUT2D eigenvalue weighted by Gasteiger charge is -2.31. The molecule has 0 aliphatic heterocycles. The maximum atomic E-state index is 12.7. The quantitative estimate of drug-likeness (QED) is 0.796. The molecule has 1 unspecified atom stereocenters. The Kier molecular flexibility index (Phi) is 7.47. The summed E-state index contributed by atoms with van der Waals surface area (Å²) in [6.07, 6.45) is 2.40. The highest BCUT2D eigenvalue weighted by Crippen LogP contribution is 2.20. The van der Waals surface area contributed by atoms with Crippen molar-refractivity contribution in [3.8, 4) is 5.69 Å². The largest absolute Gasteiger partial charge is 0.345 e. The number of nitrogens with zero attached hydrogens (tertiary/aromatic N) is 2. The Morgan fingerprint density at radius 3 is 2.68 bits per heavy atom. The molecule has 2 rings (SSSR count). The smallest absolute Gasteiger partial charge is 0.255 e. The van der Waals surface area contributed by atoms with Gasteiger partial charge in [-0.3, -0.25) is 4.79 Å². The SMILES string of the molecule is Cc1c(C(=O)NC(C)(CN)CC(C)C)cnn1-c1cccc(Cl)c1.Cl. The molecule has 1 amide bonds. The van der Waals surface area contributed by atoms with Crippen LogP contribution in [0.4, 0.5) is 0 Å². The van der Waals surface area contributed by atoms with Crippen LogP contribution in [0.25, 0.3) is 5.69 Å². The van der Waals surface area contributed by atoms with Gasteiger partial charge in [-0.2, -0.15) is 5.10 Å². The average Bonchev–Trinajstić information content (AvgIpc) is 2.88. The summed E-state index contributed by atoms with van der Waals surface area (Å²) in [5.74, 6) is 0.281. The molecule has 0 fully saturated rings. The number of aromatic nitrogens is 2. The number of carbonyl (C=O) groups is 1. The first-order valence-electron chi connectivity index (χ1n) is 8.09. The van der Waals surface area contributed by atoms with Gasteiger partial charge in [0, 0.05) is 17.1 Å². The van der Waals surface area contributed by atoms with E-state index in [0.29, 0.717) is 23.0 Å². The van der Waals surface area contributed by atoms with E-state index in [4.69, 9.17) is 17.3 Å². The molecular weight excluding hydrogens is 359 g/mol. The van der Waals surface area contributed by atoms with Crippen molar-refractivity contribution in [1.82, 2.24) is 15.1 Å². The second-order valence-electron chi connectivity index (χ2n) is 6.85. The molecule has 0 spiro atoms. The Morgan fingerprint density at radius 2 is 2.12 bits per heavy atom. The van der Waals surface area contributed by atoms with E-state index in [1.807, 2.05) is 32.0 Å². The van der Waals surface area contributed by atoms with Crippen LogP contribution < -0.4 is 11.1 Å². The molecule has 5 nitrogen and oxygen atoms in total. The Hall–Kier alpha value is -1.56. The normalized spacial score (nSPS) is 13.2. The summed E-state index contributed by atoms with van der Waals surface area (Å²) in [5, 5.41) is 8.02. The Labute approximate surface area is 160 Å². The second-order valence-corrected chi connectivity index (χ2v) is 7.29. The van der Waals surface area contributed by atoms with Crippen molar-refractivity contribution in [2.24, 2.45) is 11.7 Å². The lowest BCUT2D eigenvalue weighted by molar-refractivity contribution is 0.0897. The molecule has 0 bridgehead atoms. The lowest BCUT2D eigenvalue weighted by atomic mass is 9.90. The number of hydrogen-bond acceptors (Lipinski definition) is 3. The van der Waals surface area contributed by atoms with Gasteiger partial charge in [-0.25, -0.2) is 4.68 Å². The van der Waals surface area contributed by atoms with Crippen molar-refractivity contribution >= 4 is 29.9 Å². The average molecular weight is 385 g/mol. The van der Waals surface area contributed by atoms with Gasteiger partial charge in [-0.05, 0) is 44.4 Å². The van der Waals surface area contributed by atoms with Crippen molar-refractivity contribution < 1.29 is 4.79 Å². The fourth-order valence-electron chi connectivity index (χ4n) is 2.93. The summed E-state index contributed by atoms with van der Waals surface area (Å²) in [5.41, 5.74) is 7.57. The third-order valence-electron chi connectivity index (χ3n) is 4.03. The molecular formula is C18H26Cl2N4O. The van der Waals surface area contributed by atoms with Gasteiger partial charge in [0.15, 0.2) is 0 Å². The van der Waals surface area contributed by atoms with Crippen molar-refractivity contribution in [1.29, 1.82) is 0 Å². The summed E-state index contributed by atoms with van der Waals surface area (Å²) in [6, 6.07) is 7.37. The minimum atomic E-state index is -0.435. The van der Waals surface area contributed by atoms with Crippen LogP contribution in [-0.4, -0.2) is 27.8 Å². The first kappa shape index (κ1) is 21.5. The van der Waals surface area contributed by atoms with Gasteiger partial charge in [-0.1, -0.05) is 31.5 Å². The summed E-state index contributed by atoms with van der Waals surface area (Å²) in [4.78, 5) is 12.7. The van der Waals surface area contributed by atoms with Crippen molar-refractivity contribution in [3.05, 3.63) is 46.7 Å². The second kappa shape index (κ2) is 8.70. The number of nitrogens with two attached hydrogens (primary N) is 1. The summed E-state index contributed by atoms with van der Waals surface area (Å²) in [7, 11) is 0. The van der Waals surface area contributed by atoms with E-state index >= 15 is 0 Å². The van der Waals surface area contributed by atoms with E-state index in [1.54, 1.807) is 16.9 Å². The fourth-order valence-corrected chi connectivity index (χ4v) is 3.11. The van der Waals surface area contributed by atoms with Crippen molar-refractivity contribution in [3.63, 3.8) is 0 Å². The van der Waals surface area contributed by atoms with Crippen LogP contribution in [0.2, 0.25) is 5.02 Å². The van der Waals surface area contributed by atoms with E-state index in [2.05, 4.69) is 24.3 Å². The topological polar surface area (TPSA) is 72.9 Å². The monoisotopic (exact) mass is 384 g/mol. The van der Waals surface area contributed by atoms with Crippen LogP contribution >= 0.6 is 24.0 Å². The van der Waals surface area contributed by atoms with Gasteiger partial charge in [-0.15, -0.1) is 12.4 Å². The first-order valence-corrected chi connectivity index (χ1v) is 8.46. The maximum absolute atomic E-state index is 12.7. The third-order valence-corrected chi connectivity index (χ3v) is 4.27. The summed E-state index contributed by atoms with van der Waals surface area (Å²) in [6.45, 7) is 8.45. The van der Waals surface area contributed by atoms with Crippen molar-refractivity contribution in [2.75, 3.05) is 6.54 Å². The molecule has 25 heavy (non-hydrogen) atoms. The van der Waals surface area contributed by atoms with E-state index < -0.39 is 5.54 Å². The maximum Gasteiger partial charge on any atom is 0.255 e. The first-order chi connectivity index (χ1) is 11.3. The summed E-state index contributed by atoms with van der Waals surface area (Å²) >= 11 is 6.04. The van der Waals surface area contributed by atoms with Gasteiger partial charge in [0.1, 0.15) is 0 Å². The highest BCUT2D eigenvalue weighted by molar-refractivity contribution is 6.30. The van der Waals surface area contributed by atoms with E-state index in [9.17, 15) is 4.79 Å². The van der Waals surface area contributed by atoms with Gasteiger partial charge in [0.25, 0.3) is 5.91 Å². The molecule has 0 radical (unpaired) electrons. The minimum absolute atomic E-state index is 0. The molecule has 1 aromatic heterocycles. The van der Waals surface area contributed by atoms with Gasteiger partial charge < -0.3 is 11.1 Å². The van der Waals surface area contributed by atoms with Crippen LogP contribution in [0.5, 0.6) is 0 Å². The Bertz CT molecular complexity index is 730.